The van der Waals surface area contributed by atoms with Crippen molar-refractivity contribution in [2.45, 2.75) is 38.1 Å². The summed E-state index contributed by atoms with van der Waals surface area (Å²) in [6, 6.07) is 0. The molecule has 0 aliphatic carbocycles. The van der Waals surface area contributed by atoms with E-state index in [1.54, 1.807) is 0 Å². The van der Waals surface area contributed by atoms with E-state index in [0.29, 0.717) is 12.5 Å². The summed E-state index contributed by atoms with van der Waals surface area (Å²) in [6.07, 6.45) is 4.36. The van der Waals surface area contributed by atoms with Gasteiger partial charge < -0.3 is 24.8 Å². The lowest BCUT2D eigenvalue weighted by atomic mass is 9.89. The van der Waals surface area contributed by atoms with Gasteiger partial charge in [0.05, 0.1) is 13.1 Å². The van der Waals surface area contributed by atoms with Gasteiger partial charge in [0.2, 0.25) is 5.91 Å². The zero-order chi connectivity index (χ0) is 20.7. The number of likely N-dealkylation sites (N-methyl/N-ethyl adjacent to an activating group) is 1. The van der Waals surface area contributed by atoms with E-state index in [9.17, 15) is 4.79 Å². The van der Waals surface area contributed by atoms with Gasteiger partial charge in [0.25, 0.3) is 0 Å². The van der Waals surface area contributed by atoms with Crippen LogP contribution in [0.15, 0.2) is 4.99 Å². The Morgan fingerprint density at radius 3 is 2.28 bits per heavy atom. The fraction of sp³-hybridized carbons (Fsp3) is 0.905. The molecule has 1 N–H and O–H groups in total. The molecular formula is C21H40N6O2. The molecule has 0 spiro atoms. The van der Waals surface area contributed by atoms with Gasteiger partial charge in [-0.2, -0.15) is 0 Å². The van der Waals surface area contributed by atoms with E-state index in [1.807, 2.05) is 4.90 Å². The van der Waals surface area contributed by atoms with E-state index in [-0.39, 0.29) is 5.54 Å². The van der Waals surface area contributed by atoms with E-state index >= 15 is 0 Å². The number of aliphatic imine (C=N–C) groups is 1. The second-order valence-electron chi connectivity index (χ2n) is 8.75. The van der Waals surface area contributed by atoms with E-state index in [4.69, 9.17) is 9.73 Å². The van der Waals surface area contributed by atoms with Crippen LogP contribution in [0.4, 0.5) is 0 Å². The Bertz CT molecular complexity index is 547. The Morgan fingerprint density at radius 1 is 1.03 bits per heavy atom. The van der Waals surface area contributed by atoms with Crippen LogP contribution in [0.1, 0.15) is 32.6 Å². The molecule has 8 heteroatoms. The molecule has 0 aromatic carbocycles. The highest BCUT2D eigenvalue weighted by Crippen LogP contribution is 2.26. The highest BCUT2D eigenvalue weighted by Gasteiger charge is 2.35. The van der Waals surface area contributed by atoms with Gasteiger partial charge in [0.1, 0.15) is 0 Å². The largest absolute Gasteiger partial charge is 0.381 e. The fourth-order valence-corrected chi connectivity index (χ4v) is 4.52. The second-order valence-corrected chi connectivity index (χ2v) is 8.75. The van der Waals surface area contributed by atoms with Crippen molar-refractivity contribution in [3.63, 3.8) is 0 Å². The van der Waals surface area contributed by atoms with Crippen molar-refractivity contribution in [2.24, 2.45) is 4.99 Å². The maximum atomic E-state index is 12.4. The molecule has 3 saturated heterocycles. The molecule has 29 heavy (non-hydrogen) atoms. The Morgan fingerprint density at radius 2 is 1.69 bits per heavy atom. The molecule has 3 fully saturated rings. The highest BCUT2D eigenvalue weighted by molar-refractivity contribution is 5.80. The van der Waals surface area contributed by atoms with Gasteiger partial charge in [-0.1, -0.05) is 0 Å². The molecule has 3 aliphatic rings. The monoisotopic (exact) mass is 408 g/mol. The number of hydrogen-bond donors (Lipinski definition) is 1. The molecule has 3 aliphatic heterocycles. The van der Waals surface area contributed by atoms with Crippen molar-refractivity contribution in [1.29, 1.82) is 0 Å². The molecule has 0 atom stereocenters. The van der Waals surface area contributed by atoms with Crippen LogP contribution in [0.5, 0.6) is 0 Å². The minimum Gasteiger partial charge on any atom is -0.381 e. The van der Waals surface area contributed by atoms with Crippen molar-refractivity contribution >= 4 is 11.9 Å². The number of carbonyl (C=O) groups is 1. The third kappa shape index (κ3) is 5.83. The number of nitrogens with one attached hydrogen (secondary N) is 1. The summed E-state index contributed by atoms with van der Waals surface area (Å²) in [7, 11) is 4.31. The summed E-state index contributed by atoms with van der Waals surface area (Å²) in [5.74, 6) is 1.30. The lowest BCUT2D eigenvalue weighted by Gasteiger charge is -2.42. The van der Waals surface area contributed by atoms with Crippen LogP contribution in [-0.4, -0.2) is 123 Å². The quantitative estimate of drug-likeness (QED) is 0.504. The molecule has 0 saturated carbocycles. The predicted octanol–water partition coefficient (Wildman–Crippen LogP) is 0.303. The van der Waals surface area contributed by atoms with Gasteiger partial charge in [0, 0.05) is 64.6 Å². The van der Waals surface area contributed by atoms with Crippen molar-refractivity contribution < 1.29 is 9.53 Å². The van der Waals surface area contributed by atoms with Crippen LogP contribution < -0.4 is 5.32 Å². The molecule has 0 aromatic rings. The van der Waals surface area contributed by atoms with E-state index in [2.05, 4.69) is 41.0 Å². The predicted molar refractivity (Wildman–Crippen MR) is 116 cm³/mol. The third-order valence-electron chi connectivity index (χ3n) is 6.72. The second kappa shape index (κ2) is 10.6. The van der Waals surface area contributed by atoms with Crippen LogP contribution >= 0.6 is 0 Å². The molecule has 0 unspecified atom stereocenters. The Kier molecular flexibility index (Phi) is 8.15. The highest BCUT2D eigenvalue weighted by atomic mass is 16.5. The summed E-state index contributed by atoms with van der Waals surface area (Å²) in [5.41, 5.74) is 0.0862. The average Bonchev–Trinajstić information content (AvgIpc) is 3.27. The standard InChI is InChI=1S/C21H40N6O2/c1-4-22-20(23-18-21(24(2)3)7-15-29-16-8-21)27-13-11-25(12-14-27)17-19(28)26-9-5-6-10-26/h4-18H2,1-3H3,(H,22,23). The lowest BCUT2D eigenvalue weighted by Crippen LogP contribution is -2.55. The van der Waals surface area contributed by atoms with Crippen molar-refractivity contribution in [1.82, 2.24) is 24.9 Å². The number of rotatable bonds is 6. The van der Waals surface area contributed by atoms with Crippen molar-refractivity contribution in [2.75, 3.05) is 86.2 Å². The first-order valence-corrected chi connectivity index (χ1v) is 11.3. The van der Waals surface area contributed by atoms with E-state index in [0.717, 1.165) is 97.2 Å². The van der Waals surface area contributed by atoms with Crippen LogP contribution in [-0.2, 0) is 9.53 Å². The first-order valence-electron chi connectivity index (χ1n) is 11.3. The molecule has 8 nitrogen and oxygen atoms in total. The summed E-state index contributed by atoms with van der Waals surface area (Å²) in [4.78, 5) is 26.5. The summed E-state index contributed by atoms with van der Waals surface area (Å²) in [5, 5.41) is 3.48. The van der Waals surface area contributed by atoms with Gasteiger partial charge in [0.15, 0.2) is 5.96 Å². The van der Waals surface area contributed by atoms with Crippen molar-refractivity contribution in [3.05, 3.63) is 0 Å². The number of guanidine groups is 1. The molecular weight excluding hydrogens is 368 g/mol. The Hall–Kier alpha value is -1.38. The maximum Gasteiger partial charge on any atom is 0.236 e. The molecule has 1 amide bonds. The molecule has 0 radical (unpaired) electrons. The minimum atomic E-state index is 0.0862. The molecule has 3 heterocycles. The number of piperazine rings is 1. The number of nitrogens with zero attached hydrogens (tertiary/aromatic N) is 5. The normalized spacial score (nSPS) is 23.7. The van der Waals surface area contributed by atoms with Gasteiger partial charge in [-0.3, -0.25) is 14.7 Å². The lowest BCUT2D eigenvalue weighted by molar-refractivity contribution is -0.131. The van der Waals surface area contributed by atoms with Crippen molar-refractivity contribution in [3.8, 4) is 0 Å². The number of carbonyl (C=O) groups excluding carboxylic acids is 1. The Labute approximate surface area is 176 Å². The Balaban J connectivity index is 1.54. The smallest absolute Gasteiger partial charge is 0.236 e. The summed E-state index contributed by atoms with van der Waals surface area (Å²) in [6.45, 7) is 11.5. The fourth-order valence-electron chi connectivity index (χ4n) is 4.52. The zero-order valence-corrected chi connectivity index (χ0v) is 18.7. The first kappa shape index (κ1) is 22.3. The topological polar surface area (TPSA) is 63.7 Å². The SMILES string of the molecule is CCNC(=NCC1(N(C)C)CCOCC1)N1CCN(CC(=O)N2CCCC2)CC1. The molecule has 0 bridgehead atoms. The summed E-state index contributed by atoms with van der Waals surface area (Å²) >= 11 is 0. The summed E-state index contributed by atoms with van der Waals surface area (Å²) < 4.78 is 5.59. The maximum absolute atomic E-state index is 12.4. The van der Waals surface area contributed by atoms with Gasteiger partial charge in [-0.15, -0.1) is 0 Å². The van der Waals surface area contributed by atoms with Gasteiger partial charge in [-0.05, 0) is 46.7 Å². The van der Waals surface area contributed by atoms with E-state index in [1.165, 1.54) is 0 Å². The number of likely N-dealkylation sites (tertiary alicyclic amines) is 1. The van der Waals surface area contributed by atoms with Crippen LogP contribution in [0.2, 0.25) is 0 Å². The van der Waals surface area contributed by atoms with E-state index < -0.39 is 0 Å². The van der Waals surface area contributed by atoms with Crippen LogP contribution in [0.3, 0.4) is 0 Å². The first-order chi connectivity index (χ1) is 14.0. The molecule has 166 valence electrons. The number of hydrogen-bond acceptors (Lipinski definition) is 5. The number of amides is 1. The molecule has 0 aromatic heterocycles. The minimum absolute atomic E-state index is 0.0862. The van der Waals surface area contributed by atoms with Crippen LogP contribution in [0, 0.1) is 0 Å². The van der Waals surface area contributed by atoms with Crippen LogP contribution in [0.25, 0.3) is 0 Å². The number of ether oxygens (including phenoxy) is 1. The average molecular weight is 409 g/mol. The van der Waals surface area contributed by atoms with Gasteiger partial charge in [-0.25, -0.2) is 0 Å². The molecule has 3 rings (SSSR count). The zero-order valence-electron chi connectivity index (χ0n) is 18.7. The van der Waals surface area contributed by atoms with Gasteiger partial charge >= 0.3 is 0 Å². The third-order valence-corrected chi connectivity index (χ3v) is 6.72.